The molecular formula is C4H10N2S. The summed E-state index contributed by atoms with van der Waals surface area (Å²) in [6, 6.07) is 0. The summed E-state index contributed by atoms with van der Waals surface area (Å²) in [7, 11) is 0. The Morgan fingerprint density at radius 1 is 1.86 bits per heavy atom. The first-order valence-electron chi connectivity index (χ1n) is 1.98. The monoisotopic (exact) mass is 118 g/mol. The van der Waals surface area contributed by atoms with E-state index in [2.05, 4.69) is 5.43 Å². The van der Waals surface area contributed by atoms with Crippen molar-refractivity contribution in [1.82, 2.24) is 5.43 Å². The third kappa shape index (κ3) is 3.69. The zero-order valence-electron chi connectivity index (χ0n) is 4.56. The maximum atomic E-state index is 4.97. The van der Waals surface area contributed by atoms with Crippen LogP contribution in [0.4, 0.5) is 0 Å². The Morgan fingerprint density at radius 2 is 2.43 bits per heavy atom. The molecule has 0 aliphatic rings. The van der Waals surface area contributed by atoms with Gasteiger partial charge >= 0.3 is 0 Å². The van der Waals surface area contributed by atoms with Crippen molar-refractivity contribution in [3.8, 4) is 0 Å². The fourth-order valence-corrected chi connectivity index (χ4v) is 0.362. The summed E-state index contributed by atoms with van der Waals surface area (Å²) in [5, 5.41) is 0. The molecule has 0 aromatic carbocycles. The van der Waals surface area contributed by atoms with Crippen LogP contribution in [0, 0.1) is 0 Å². The molecule has 3 heteroatoms. The fraction of sp³-hybridized carbons (Fsp3) is 0.500. The van der Waals surface area contributed by atoms with Crippen molar-refractivity contribution >= 4 is 11.8 Å². The molecule has 0 bridgehead atoms. The summed E-state index contributed by atoms with van der Waals surface area (Å²) < 4.78 is 0. The van der Waals surface area contributed by atoms with E-state index < -0.39 is 0 Å². The minimum atomic E-state index is 1.18. The molecule has 0 saturated carbocycles. The molecule has 3 N–H and O–H groups in total. The molecule has 0 aliphatic heterocycles. The van der Waals surface area contributed by atoms with Crippen LogP contribution in [0.2, 0.25) is 0 Å². The minimum Gasteiger partial charge on any atom is -0.331 e. The van der Waals surface area contributed by atoms with Crippen molar-refractivity contribution < 1.29 is 0 Å². The maximum absolute atomic E-state index is 4.97. The van der Waals surface area contributed by atoms with Gasteiger partial charge < -0.3 is 5.43 Å². The van der Waals surface area contributed by atoms with Gasteiger partial charge in [0, 0.05) is 6.20 Å². The Hall–Kier alpha value is -0.150. The number of hydrogen-bond donors (Lipinski definition) is 2. The second kappa shape index (κ2) is 4.02. The zero-order chi connectivity index (χ0) is 5.70. The number of allylic oxidation sites excluding steroid dienone is 1. The average Bonchev–Trinajstić information content (AvgIpc) is 1.68. The molecule has 0 amide bonds. The van der Waals surface area contributed by atoms with Crippen LogP contribution in [0.5, 0.6) is 0 Å². The molecule has 0 unspecified atom stereocenters. The van der Waals surface area contributed by atoms with E-state index in [0.29, 0.717) is 0 Å². The Bertz CT molecular complexity index is 70.1. The van der Waals surface area contributed by atoms with Gasteiger partial charge in [-0.1, -0.05) is 0 Å². The van der Waals surface area contributed by atoms with E-state index in [-0.39, 0.29) is 0 Å². The van der Waals surface area contributed by atoms with E-state index >= 15 is 0 Å². The molecule has 2 nitrogen and oxygen atoms in total. The van der Waals surface area contributed by atoms with Gasteiger partial charge in [0.25, 0.3) is 0 Å². The standard InChI is InChI=1S/C4H10N2S/c1-4(7-2)3-6-5/h3,6H,5H2,1-2H3/b4-3+. The van der Waals surface area contributed by atoms with Gasteiger partial charge in [0.2, 0.25) is 0 Å². The maximum Gasteiger partial charge on any atom is 0.0215 e. The topological polar surface area (TPSA) is 38.0 Å². The molecule has 0 aromatic rings. The highest BCUT2D eigenvalue weighted by molar-refractivity contribution is 8.02. The van der Waals surface area contributed by atoms with Gasteiger partial charge in [0.05, 0.1) is 0 Å². The first kappa shape index (κ1) is 6.85. The molecule has 0 rings (SSSR count). The van der Waals surface area contributed by atoms with Crippen molar-refractivity contribution in [3.63, 3.8) is 0 Å². The molecule has 0 heterocycles. The van der Waals surface area contributed by atoms with E-state index in [9.17, 15) is 0 Å². The van der Waals surface area contributed by atoms with Crippen molar-refractivity contribution in [2.24, 2.45) is 5.84 Å². The van der Waals surface area contributed by atoms with Gasteiger partial charge in [0.1, 0.15) is 0 Å². The van der Waals surface area contributed by atoms with Gasteiger partial charge in [-0.3, -0.25) is 5.84 Å². The lowest BCUT2D eigenvalue weighted by atomic mass is 10.7. The Kier molecular flexibility index (Phi) is 3.93. The molecule has 0 aliphatic carbocycles. The van der Waals surface area contributed by atoms with Crippen LogP contribution in [0.1, 0.15) is 6.92 Å². The lowest BCUT2D eigenvalue weighted by Gasteiger charge is -1.90. The predicted octanol–water partition coefficient (Wildman–Crippen LogP) is 0.674. The van der Waals surface area contributed by atoms with Crippen LogP contribution < -0.4 is 11.3 Å². The van der Waals surface area contributed by atoms with E-state index in [0.717, 1.165) is 0 Å². The van der Waals surface area contributed by atoms with Crippen molar-refractivity contribution in [2.45, 2.75) is 6.92 Å². The molecule has 42 valence electrons. The first-order valence-corrected chi connectivity index (χ1v) is 3.20. The highest BCUT2D eigenvalue weighted by Crippen LogP contribution is 2.06. The van der Waals surface area contributed by atoms with Crippen LogP contribution in [0.3, 0.4) is 0 Å². The average molecular weight is 118 g/mol. The van der Waals surface area contributed by atoms with Gasteiger partial charge in [-0.05, 0) is 18.1 Å². The van der Waals surface area contributed by atoms with Gasteiger partial charge in [-0.2, -0.15) is 0 Å². The minimum absolute atomic E-state index is 1.18. The number of hydrazine groups is 1. The molecule has 7 heavy (non-hydrogen) atoms. The van der Waals surface area contributed by atoms with Crippen molar-refractivity contribution in [1.29, 1.82) is 0 Å². The smallest absolute Gasteiger partial charge is 0.0215 e. The third-order valence-corrected chi connectivity index (χ3v) is 1.37. The molecular weight excluding hydrogens is 108 g/mol. The number of rotatable bonds is 2. The summed E-state index contributed by atoms with van der Waals surface area (Å²) in [4.78, 5) is 1.18. The molecule has 0 aromatic heterocycles. The van der Waals surface area contributed by atoms with Crippen LogP contribution in [-0.4, -0.2) is 6.26 Å². The number of thioether (sulfide) groups is 1. The molecule has 0 spiro atoms. The summed E-state index contributed by atoms with van der Waals surface area (Å²) in [5.74, 6) is 4.97. The normalized spacial score (nSPS) is 11.6. The largest absolute Gasteiger partial charge is 0.331 e. The SMILES string of the molecule is CS/C(C)=C/NN. The molecule has 0 saturated heterocycles. The molecule has 0 atom stereocenters. The number of nitrogens with two attached hydrogens (primary N) is 1. The second-order valence-electron chi connectivity index (χ2n) is 1.13. The highest BCUT2D eigenvalue weighted by atomic mass is 32.2. The second-order valence-corrected chi connectivity index (χ2v) is 2.18. The summed E-state index contributed by atoms with van der Waals surface area (Å²) >= 11 is 1.67. The summed E-state index contributed by atoms with van der Waals surface area (Å²) in [5.41, 5.74) is 2.44. The van der Waals surface area contributed by atoms with E-state index in [1.54, 1.807) is 18.0 Å². The number of nitrogens with one attached hydrogen (secondary N) is 1. The van der Waals surface area contributed by atoms with Gasteiger partial charge in [-0.25, -0.2) is 0 Å². The van der Waals surface area contributed by atoms with E-state index in [1.165, 1.54) is 4.91 Å². The lowest BCUT2D eigenvalue weighted by molar-refractivity contribution is 0.962. The zero-order valence-corrected chi connectivity index (χ0v) is 5.38. The van der Waals surface area contributed by atoms with E-state index in [4.69, 9.17) is 5.84 Å². The number of hydrogen-bond acceptors (Lipinski definition) is 3. The fourth-order valence-electron chi connectivity index (χ4n) is 0.176. The molecule has 0 fully saturated rings. The quantitative estimate of drug-likeness (QED) is 0.413. The Balaban J connectivity index is 3.29. The lowest BCUT2D eigenvalue weighted by Crippen LogP contribution is -2.13. The van der Waals surface area contributed by atoms with E-state index in [1.807, 2.05) is 13.2 Å². The van der Waals surface area contributed by atoms with Gasteiger partial charge in [-0.15, -0.1) is 11.8 Å². The van der Waals surface area contributed by atoms with Crippen LogP contribution in [-0.2, 0) is 0 Å². The summed E-state index contributed by atoms with van der Waals surface area (Å²) in [6.07, 6.45) is 3.76. The van der Waals surface area contributed by atoms with Crippen molar-refractivity contribution in [3.05, 3.63) is 11.1 Å². The van der Waals surface area contributed by atoms with Gasteiger partial charge in [0.15, 0.2) is 0 Å². The van der Waals surface area contributed by atoms with Crippen molar-refractivity contribution in [2.75, 3.05) is 6.26 Å². The Morgan fingerprint density at radius 3 is 2.57 bits per heavy atom. The predicted molar refractivity (Wildman–Crippen MR) is 34.6 cm³/mol. The first-order chi connectivity index (χ1) is 3.31. The highest BCUT2D eigenvalue weighted by Gasteiger charge is 1.76. The summed E-state index contributed by atoms with van der Waals surface area (Å²) in [6.45, 7) is 1.99. The van der Waals surface area contributed by atoms with Crippen LogP contribution in [0.15, 0.2) is 11.1 Å². The van der Waals surface area contributed by atoms with Crippen LogP contribution >= 0.6 is 11.8 Å². The Labute approximate surface area is 48.1 Å². The molecule has 0 radical (unpaired) electrons. The van der Waals surface area contributed by atoms with Crippen LogP contribution in [0.25, 0.3) is 0 Å². The third-order valence-electron chi connectivity index (χ3n) is 0.609.